The van der Waals surface area contributed by atoms with Gasteiger partial charge < -0.3 is 10.4 Å². The minimum absolute atomic E-state index is 0.157. The van der Waals surface area contributed by atoms with Crippen LogP contribution in [-0.4, -0.2) is 33.0 Å². The Balaban J connectivity index is 2.19. The molecular formula is C18H21N3O3. The average molecular weight is 327 g/mol. The smallest absolute Gasteiger partial charge is 0.326 e. The first-order valence-electron chi connectivity index (χ1n) is 7.81. The van der Waals surface area contributed by atoms with Crippen LogP contribution in [-0.2, 0) is 4.79 Å². The van der Waals surface area contributed by atoms with Gasteiger partial charge in [-0.2, -0.15) is 0 Å². The van der Waals surface area contributed by atoms with Crippen LogP contribution in [0, 0.1) is 12.8 Å². The molecule has 2 aromatic rings. The van der Waals surface area contributed by atoms with Crippen molar-refractivity contribution in [2.24, 2.45) is 5.92 Å². The van der Waals surface area contributed by atoms with E-state index in [4.69, 9.17) is 0 Å². The molecule has 1 aromatic heterocycles. The molecule has 0 aliphatic heterocycles. The maximum Gasteiger partial charge on any atom is 0.326 e. The number of rotatable bonds is 6. The van der Waals surface area contributed by atoms with Crippen LogP contribution < -0.4 is 5.32 Å². The van der Waals surface area contributed by atoms with Crippen molar-refractivity contribution in [2.75, 3.05) is 0 Å². The van der Waals surface area contributed by atoms with E-state index in [-0.39, 0.29) is 11.5 Å². The van der Waals surface area contributed by atoms with E-state index in [0.29, 0.717) is 17.9 Å². The van der Waals surface area contributed by atoms with Crippen LogP contribution in [0.1, 0.15) is 36.3 Å². The first-order chi connectivity index (χ1) is 11.4. The second-order valence-electron chi connectivity index (χ2n) is 6.05. The van der Waals surface area contributed by atoms with Gasteiger partial charge in [0.15, 0.2) is 5.82 Å². The van der Waals surface area contributed by atoms with E-state index < -0.39 is 17.9 Å². The zero-order chi connectivity index (χ0) is 17.7. The number of benzene rings is 1. The summed E-state index contributed by atoms with van der Waals surface area (Å²) in [6.07, 6.45) is 1.80. The summed E-state index contributed by atoms with van der Waals surface area (Å²) >= 11 is 0. The van der Waals surface area contributed by atoms with Crippen LogP contribution in [0.2, 0.25) is 0 Å². The number of hydrogen-bond donors (Lipinski definition) is 2. The fraction of sp³-hybridized carbons (Fsp3) is 0.333. The van der Waals surface area contributed by atoms with Gasteiger partial charge in [-0.15, -0.1) is 0 Å². The molecule has 0 unspecified atom stereocenters. The van der Waals surface area contributed by atoms with E-state index in [9.17, 15) is 14.7 Å². The summed E-state index contributed by atoms with van der Waals surface area (Å²) in [6, 6.07) is 8.52. The van der Waals surface area contributed by atoms with Crippen LogP contribution >= 0.6 is 0 Å². The molecule has 2 rings (SSSR count). The second-order valence-corrected chi connectivity index (χ2v) is 6.05. The van der Waals surface area contributed by atoms with Crippen LogP contribution in [0.25, 0.3) is 11.4 Å². The summed E-state index contributed by atoms with van der Waals surface area (Å²) in [5.74, 6) is -0.831. The normalized spacial score (nSPS) is 12.0. The number of aryl methyl sites for hydroxylation is 1. The number of carbonyl (C=O) groups excluding carboxylic acids is 1. The summed E-state index contributed by atoms with van der Waals surface area (Å²) in [5, 5.41) is 11.8. The van der Waals surface area contributed by atoms with E-state index in [2.05, 4.69) is 15.3 Å². The number of nitrogens with one attached hydrogen (secondary N) is 1. The number of aliphatic carboxylic acids is 1. The summed E-state index contributed by atoms with van der Waals surface area (Å²) in [5.41, 5.74) is 1.65. The van der Waals surface area contributed by atoms with Gasteiger partial charge in [0, 0.05) is 11.8 Å². The maximum absolute atomic E-state index is 12.4. The molecule has 0 saturated carbocycles. The van der Waals surface area contributed by atoms with Gasteiger partial charge in [0.2, 0.25) is 0 Å². The molecule has 0 fully saturated rings. The number of aromatic nitrogens is 2. The average Bonchev–Trinajstić information content (AvgIpc) is 2.54. The molecular weight excluding hydrogens is 306 g/mol. The quantitative estimate of drug-likeness (QED) is 0.851. The predicted octanol–water partition coefficient (Wildman–Crippen LogP) is 2.68. The summed E-state index contributed by atoms with van der Waals surface area (Å²) in [4.78, 5) is 32.2. The monoisotopic (exact) mass is 327 g/mol. The predicted molar refractivity (Wildman–Crippen MR) is 90.6 cm³/mol. The highest BCUT2D eigenvalue weighted by Crippen LogP contribution is 2.16. The maximum atomic E-state index is 12.4. The van der Waals surface area contributed by atoms with Gasteiger partial charge in [-0.3, -0.25) is 4.79 Å². The lowest BCUT2D eigenvalue weighted by Gasteiger charge is -2.17. The molecule has 6 nitrogen and oxygen atoms in total. The van der Waals surface area contributed by atoms with E-state index in [1.54, 1.807) is 6.92 Å². The third-order valence-corrected chi connectivity index (χ3v) is 3.57. The molecule has 0 radical (unpaired) electrons. The Morgan fingerprint density at radius 3 is 2.42 bits per heavy atom. The Bertz CT molecular complexity index is 730. The lowest BCUT2D eigenvalue weighted by atomic mass is 10.0. The molecule has 1 aromatic carbocycles. The van der Waals surface area contributed by atoms with Crippen LogP contribution in [0.4, 0.5) is 0 Å². The van der Waals surface area contributed by atoms with Crippen molar-refractivity contribution in [1.29, 1.82) is 0 Å². The number of amides is 1. The van der Waals surface area contributed by atoms with E-state index in [1.165, 1.54) is 6.20 Å². The highest BCUT2D eigenvalue weighted by molar-refractivity contribution is 5.97. The van der Waals surface area contributed by atoms with Crippen molar-refractivity contribution in [1.82, 2.24) is 15.3 Å². The van der Waals surface area contributed by atoms with Crippen molar-refractivity contribution >= 4 is 11.9 Å². The zero-order valence-electron chi connectivity index (χ0n) is 14.0. The zero-order valence-corrected chi connectivity index (χ0v) is 14.0. The minimum atomic E-state index is -1.04. The number of nitrogens with zero attached hydrogens (tertiary/aromatic N) is 2. The standard InChI is InChI=1S/C18H21N3O3/c1-11(2)9-15(18(23)24)21-17(22)14-10-19-16(20-12(14)3)13-7-5-4-6-8-13/h4-8,10-11,15H,9H2,1-3H3,(H,21,22)(H,23,24)/t15-/m1/s1. The molecule has 0 aliphatic rings. The Morgan fingerprint density at radius 1 is 1.21 bits per heavy atom. The fourth-order valence-electron chi connectivity index (χ4n) is 2.35. The summed E-state index contributed by atoms with van der Waals surface area (Å²) < 4.78 is 0. The van der Waals surface area contributed by atoms with E-state index in [0.717, 1.165) is 5.56 Å². The molecule has 24 heavy (non-hydrogen) atoms. The molecule has 1 heterocycles. The van der Waals surface area contributed by atoms with Crippen molar-refractivity contribution < 1.29 is 14.7 Å². The molecule has 0 aliphatic carbocycles. The van der Waals surface area contributed by atoms with Gasteiger partial charge in [-0.25, -0.2) is 14.8 Å². The number of hydrogen-bond acceptors (Lipinski definition) is 4. The molecule has 1 amide bonds. The topological polar surface area (TPSA) is 92.2 Å². The van der Waals surface area contributed by atoms with Gasteiger partial charge in [-0.05, 0) is 19.3 Å². The fourth-order valence-corrected chi connectivity index (χ4v) is 2.35. The molecule has 0 bridgehead atoms. The largest absolute Gasteiger partial charge is 0.480 e. The van der Waals surface area contributed by atoms with Crippen LogP contribution in [0.3, 0.4) is 0 Å². The van der Waals surface area contributed by atoms with E-state index in [1.807, 2.05) is 44.2 Å². The van der Waals surface area contributed by atoms with Crippen molar-refractivity contribution in [3.63, 3.8) is 0 Å². The van der Waals surface area contributed by atoms with E-state index >= 15 is 0 Å². The Hall–Kier alpha value is -2.76. The second kappa shape index (κ2) is 7.68. The summed E-state index contributed by atoms with van der Waals surface area (Å²) in [6.45, 7) is 5.53. The van der Waals surface area contributed by atoms with Crippen LogP contribution in [0.5, 0.6) is 0 Å². The molecule has 6 heteroatoms. The van der Waals surface area contributed by atoms with Crippen molar-refractivity contribution in [3.8, 4) is 11.4 Å². The minimum Gasteiger partial charge on any atom is -0.480 e. The molecule has 126 valence electrons. The van der Waals surface area contributed by atoms with Gasteiger partial charge in [0.05, 0.1) is 11.3 Å². The first kappa shape index (κ1) is 17.6. The molecule has 2 N–H and O–H groups in total. The number of carboxylic acid groups (broad SMARTS) is 1. The van der Waals surface area contributed by atoms with Crippen molar-refractivity contribution in [3.05, 3.63) is 47.8 Å². The lowest BCUT2D eigenvalue weighted by molar-refractivity contribution is -0.139. The van der Waals surface area contributed by atoms with Crippen LogP contribution in [0.15, 0.2) is 36.5 Å². The van der Waals surface area contributed by atoms with Gasteiger partial charge >= 0.3 is 5.97 Å². The highest BCUT2D eigenvalue weighted by Gasteiger charge is 2.23. The molecule has 0 spiro atoms. The SMILES string of the molecule is Cc1nc(-c2ccccc2)ncc1C(=O)N[C@H](CC(C)C)C(=O)O. The van der Waals surface area contributed by atoms with Gasteiger partial charge in [0.1, 0.15) is 6.04 Å². The van der Waals surface area contributed by atoms with Gasteiger partial charge in [0.25, 0.3) is 5.91 Å². The highest BCUT2D eigenvalue weighted by atomic mass is 16.4. The molecule has 0 saturated heterocycles. The Labute approximate surface area is 141 Å². The third-order valence-electron chi connectivity index (χ3n) is 3.57. The Morgan fingerprint density at radius 2 is 1.88 bits per heavy atom. The van der Waals surface area contributed by atoms with Gasteiger partial charge in [-0.1, -0.05) is 44.2 Å². The Kier molecular flexibility index (Phi) is 5.63. The summed E-state index contributed by atoms with van der Waals surface area (Å²) in [7, 11) is 0. The molecule has 1 atom stereocenters. The van der Waals surface area contributed by atoms with Crippen molar-refractivity contribution in [2.45, 2.75) is 33.2 Å². The first-order valence-corrected chi connectivity index (χ1v) is 7.81. The lowest BCUT2D eigenvalue weighted by Crippen LogP contribution is -2.42. The number of carbonyl (C=O) groups is 2. The third kappa shape index (κ3) is 4.38. The number of carboxylic acids is 1.